The molecule has 1 aromatic carbocycles. The van der Waals surface area contributed by atoms with E-state index in [1.165, 1.54) is 13.1 Å². The van der Waals surface area contributed by atoms with Crippen molar-refractivity contribution in [2.24, 2.45) is 5.14 Å². The van der Waals surface area contributed by atoms with Gasteiger partial charge < -0.3 is 10.4 Å². The van der Waals surface area contributed by atoms with Gasteiger partial charge in [-0.2, -0.15) is 0 Å². The number of hydrogen-bond acceptors (Lipinski definition) is 4. The van der Waals surface area contributed by atoms with Gasteiger partial charge in [-0.05, 0) is 12.1 Å². The summed E-state index contributed by atoms with van der Waals surface area (Å²) in [6, 6.07) is 2.12. The Morgan fingerprint density at radius 2 is 2.06 bits per heavy atom. The summed E-state index contributed by atoms with van der Waals surface area (Å²) in [6.07, 6.45) is 0. The maximum absolute atomic E-state index is 11.1. The van der Waals surface area contributed by atoms with Gasteiger partial charge in [-0.1, -0.05) is 11.6 Å². The Morgan fingerprint density at radius 3 is 2.44 bits per heavy atom. The molecule has 0 heterocycles. The molecule has 6 nitrogen and oxygen atoms in total. The lowest BCUT2D eigenvalue weighted by Gasteiger charge is -2.09. The van der Waals surface area contributed by atoms with E-state index < -0.39 is 20.9 Å². The summed E-state index contributed by atoms with van der Waals surface area (Å²) >= 11 is 5.68. The minimum Gasteiger partial charge on any atom is -0.478 e. The van der Waals surface area contributed by atoms with Crippen LogP contribution in [0.1, 0.15) is 10.4 Å². The Bertz CT molecular complexity index is 541. The summed E-state index contributed by atoms with van der Waals surface area (Å²) in [7, 11) is -2.54. The second-order valence-electron chi connectivity index (χ2n) is 2.93. The molecule has 88 valence electrons. The molecule has 0 amide bonds. The normalized spacial score (nSPS) is 11.2. The van der Waals surface area contributed by atoms with Crippen molar-refractivity contribution in [1.82, 2.24) is 0 Å². The van der Waals surface area contributed by atoms with Crippen LogP contribution in [0.15, 0.2) is 17.0 Å². The highest BCUT2D eigenvalue weighted by Crippen LogP contribution is 2.27. The summed E-state index contributed by atoms with van der Waals surface area (Å²) in [4.78, 5) is 10.4. The van der Waals surface area contributed by atoms with Crippen LogP contribution >= 0.6 is 11.6 Å². The summed E-state index contributed by atoms with van der Waals surface area (Å²) in [5.41, 5.74) is 0.000764. The zero-order valence-electron chi connectivity index (χ0n) is 8.19. The van der Waals surface area contributed by atoms with E-state index in [9.17, 15) is 13.2 Å². The minimum absolute atomic E-state index is 0.128. The van der Waals surface area contributed by atoms with Crippen LogP contribution in [0.2, 0.25) is 5.02 Å². The van der Waals surface area contributed by atoms with Gasteiger partial charge in [-0.15, -0.1) is 0 Å². The number of sulfonamides is 1. The molecule has 0 aliphatic rings. The molecule has 0 saturated heterocycles. The zero-order chi connectivity index (χ0) is 12.5. The molecule has 4 N–H and O–H groups in total. The second kappa shape index (κ2) is 4.28. The van der Waals surface area contributed by atoms with Crippen molar-refractivity contribution in [2.45, 2.75) is 4.90 Å². The first-order chi connectivity index (χ1) is 7.27. The van der Waals surface area contributed by atoms with Crippen molar-refractivity contribution in [3.8, 4) is 0 Å². The number of anilines is 1. The summed E-state index contributed by atoms with van der Waals surface area (Å²) < 4.78 is 22.2. The van der Waals surface area contributed by atoms with Crippen LogP contribution < -0.4 is 10.5 Å². The van der Waals surface area contributed by atoms with Gasteiger partial charge in [0.2, 0.25) is 10.0 Å². The molecule has 1 aromatic rings. The van der Waals surface area contributed by atoms with E-state index in [1.54, 1.807) is 0 Å². The quantitative estimate of drug-likeness (QED) is 0.745. The Labute approximate surface area is 97.1 Å². The minimum atomic E-state index is -4.04. The molecule has 0 bridgehead atoms. The van der Waals surface area contributed by atoms with E-state index in [2.05, 4.69) is 5.32 Å². The van der Waals surface area contributed by atoms with Gasteiger partial charge >= 0.3 is 5.97 Å². The number of nitrogens with one attached hydrogen (secondary N) is 1. The average molecular weight is 265 g/mol. The topological polar surface area (TPSA) is 109 Å². The number of carbonyl (C=O) groups is 1. The van der Waals surface area contributed by atoms with Crippen molar-refractivity contribution >= 4 is 33.3 Å². The van der Waals surface area contributed by atoms with Gasteiger partial charge in [0.1, 0.15) is 4.90 Å². The van der Waals surface area contributed by atoms with Gasteiger partial charge in [-0.25, -0.2) is 18.4 Å². The van der Waals surface area contributed by atoms with Crippen molar-refractivity contribution in [1.29, 1.82) is 0 Å². The number of hydrogen-bond donors (Lipinski definition) is 3. The molecule has 16 heavy (non-hydrogen) atoms. The van der Waals surface area contributed by atoms with Crippen LogP contribution in [0.3, 0.4) is 0 Å². The van der Waals surface area contributed by atoms with Gasteiger partial charge in [-0.3, -0.25) is 0 Å². The van der Waals surface area contributed by atoms with Crippen LogP contribution in [0.4, 0.5) is 5.69 Å². The molecule has 1 rings (SSSR count). The fourth-order valence-corrected chi connectivity index (χ4v) is 2.25. The van der Waals surface area contributed by atoms with Crippen LogP contribution in [0, 0.1) is 0 Å². The van der Waals surface area contributed by atoms with Crippen LogP contribution in [0.5, 0.6) is 0 Å². The number of aromatic carboxylic acids is 1. The number of primary sulfonamides is 1. The Balaban J connectivity index is 3.58. The first kappa shape index (κ1) is 12.8. The van der Waals surface area contributed by atoms with Crippen LogP contribution in [0.25, 0.3) is 0 Å². The standard InChI is InChI=1S/C8H9ClN2O4S/c1-11-6-3-5(9)7(16(10,14)15)2-4(6)8(12)13/h2-3,11H,1H3,(H,12,13)(H2,10,14,15). The van der Waals surface area contributed by atoms with E-state index in [-0.39, 0.29) is 16.3 Å². The average Bonchev–Trinajstić information content (AvgIpc) is 2.14. The SMILES string of the molecule is CNc1cc(Cl)c(S(N)(=O)=O)cc1C(=O)O. The van der Waals surface area contributed by atoms with Gasteiger partial charge in [0.25, 0.3) is 0 Å². The van der Waals surface area contributed by atoms with Gasteiger partial charge in [0, 0.05) is 7.05 Å². The molecule has 0 aliphatic heterocycles. The highest BCUT2D eigenvalue weighted by molar-refractivity contribution is 7.89. The summed E-state index contributed by atoms with van der Waals surface area (Å²) in [5, 5.41) is 16.2. The molecule has 0 unspecified atom stereocenters. The molecular weight excluding hydrogens is 256 g/mol. The molecule has 0 spiro atoms. The van der Waals surface area contributed by atoms with Crippen LogP contribution in [-0.2, 0) is 10.0 Å². The second-order valence-corrected chi connectivity index (χ2v) is 4.87. The third-order valence-corrected chi connectivity index (χ3v) is 3.25. The maximum Gasteiger partial charge on any atom is 0.337 e. The highest BCUT2D eigenvalue weighted by Gasteiger charge is 2.19. The largest absolute Gasteiger partial charge is 0.478 e. The first-order valence-electron chi connectivity index (χ1n) is 4.04. The number of nitrogens with two attached hydrogens (primary N) is 1. The van der Waals surface area contributed by atoms with Crippen molar-refractivity contribution in [3.05, 3.63) is 22.7 Å². The predicted molar refractivity (Wildman–Crippen MR) is 59.3 cm³/mol. The number of halogens is 1. The van der Waals surface area contributed by atoms with Crippen LogP contribution in [-0.4, -0.2) is 26.5 Å². The number of benzene rings is 1. The van der Waals surface area contributed by atoms with Crippen molar-refractivity contribution in [3.63, 3.8) is 0 Å². The lowest BCUT2D eigenvalue weighted by atomic mass is 10.2. The molecule has 0 fully saturated rings. The number of rotatable bonds is 3. The summed E-state index contributed by atoms with van der Waals surface area (Å²) in [5.74, 6) is -1.27. The Kier molecular flexibility index (Phi) is 3.41. The number of carboxylic acids is 1. The van der Waals surface area contributed by atoms with Gasteiger partial charge in [0.05, 0.1) is 16.3 Å². The Morgan fingerprint density at radius 1 is 1.50 bits per heavy atom. The summed E-state index contributed by atoms with van der Waals surface area (Å²) in [6.45, 7) is 0. The van der Waals surface area contributed by atoms with Crippen molar-refractivity contribution < 1.29 is 18.3 Å². The third-order valence-electron chi connectivity index (χ3n) is 1.88. The fourth-order valence-electron chi connectivity index (χ4n) is 1.16. The smallest absolute Gasteiger partial charge is 0.337 e. The highest BCUT2D eigenvalue weighted by atomic mass is 35.5. The third kappa shape index (κ3) is 2.43. The monoisotopic (exact) mass is 264 g/mol. The zero-order valence-corrected chi connectivity index (χ0v) is 9.76. The van der Waals surface area contributed by atoms with Crippen molar-refractivity contribution in [2.75, 3.05) is 12.4 Å². The molecule has 0 aliphatic carbocycles. The van der Waals surface area contributed by atoms with E-state index in [0.29, 0.717) is 0 Å². The van der Waals surface area contributed by atoms with Gasteiger partial charge in [0.15, 0.2) is 0 Å². The number of carboxylic acid groups (broad SMARTS) is 1. The van der Waals surface area contributed by atoms with E-state index in [0.717, 1.165) is 6.07 Å². The fraction of sp³-hybridized carbons (Fsp3) is 0.125. The molecule has 0 aromatic heterocycles. The maximum atomic E-state index is 11.1. The molecule has 0 atom stereocenters. The van der Waals surface area contributed by atoms with E-state index in [1.807, 2.05) is 0 Å². The van der Waals surface area contributed by atoms with E-state index in [4.69, 9.17) is 21.8 Å². The molecule has 0 radical (unpaired) electrons. The Hall–Kier alpha value is -1.31. The molecule has 8 heteroatoms. The molecule has 0 saturated carbocycles. The lowest BCUT2D eigenvalue weighted by Crippen LogP contribution is -2.14. The molecular formula is C8H9ClN2O4S. The lowest BCUT2D eigenvalue weighted by molar-refractivity contribution is 0.0697. The first-order valence-corrected chi connectivity index (χ1v) is 5.97. The predicted octanol–water partition coefficient (Wildman–Crippen LogP) is 0.727. The van der Waals surface area contributed by atoms with E-state index >= 15 is 0 Å².